The van der Waals surface area contributed by atoms with Gasteiger partial charge in [0.2, 0.25) is 5.82 Å². The summed E-state index contributed by atoms with van der Waals surface area (Å²) >= 11 is 0. The van der Waals surface area contributed by atoms with E-state index in [0.717, 1.165) is 30.0 Å². The summed E-state index contributed by atoms with van der Waals surface area (Å²) < 4.78 is 41.4. The van der Waals surface area contributed by atoms with Crippen LogP contribution in [0, 0.1) is 22.9 Å². The van der Waals surface area contributed by atoms with Crippen molar-refractivity contribution < 1.29 is 18.0 Å². The van der Waals surface area contributed by atoms with Gasteiger partial charge in [-0.2, -0.15) is 0 Å². The molecule has 1 aromatic heterocycles. The number of aryl methyl sites for hydroxylation is 1. The first kappa shape index (κ1) is 17.2. The fourth-order valence-corrected chi connectivity index (χ4v) is 3.06. The minimum absolute atomic E-state index is 0.0825. The lowest BCUT2D eigenvalue weighted by molar-refractivity contribution is 0.0847. The molecule has 0 aliphatic heterocycles. The van der Waals surface area contributed by atoms with Crippen LogP contribution in [0.25, 0.3) is 0 Å². The second-order valence-corrected chi connectivity index (χ2v) is 6.45. The van der Waals surface area contributed by atoms with E-state index in [1.165, 1.54) is 13.1 Å². The molecule has 1 aliphatic carbocycles. The number of nitrogens with one attached hydrogen (secondary N) is 2. The zero-order valence-electron chi connectivity index (χ0n) is 13.5. The van der Waals surface area contributed by atoms with Gasteiger partial charge in [-0.25, -0.2) is 22.6 Å². The highest BCUT2D eigenvalue weighted by atomic mass is 19.2. The van der Waals surface area contributed by atoms with Gasteiger partial charge >= 0.3 is 5.69 Å². The first-order chi connectivity index (χ1) is 11.8. The summed E-state index contributed by atoms with van der Waals surface area (Å²) in [6.45, 7) is 0.225. The first-order valence-corrected chi connectivity index (χ1v) is 7.85. The highest BCUT2D eigenvalue weighted by molar-refractivity contribution is 5.90. The average Bonchev–Trinajstić information content (AvgIpc) is 2.89. The van der Waals surface area contributed by atoms with Crippen molar-refractivity contribution in [2.75, 3.05) is 6.54 Å². The van der Waals surface area contributed by atoms with Crippen LogP contribution in [0.5, 0.6) is 0 Å². The molecule has 2 N–H and O–H groups in total. The van der Waals surface area contributed by atoms with Gasteiger partial charge in [-0.1, -0.05) is 12.5 Å². The number of benzene rings is 1. The highest BCUT2D eigenvalue weighted by Crippen LogP contribution is 2.43. The number of hydrogen-bond acceptors (Lipinski definition) is 3. The summed E-state index contributed by atoms with van der Waals surface area (Å²) in [6, 6.07) is 2.13. The van der Waals surface area contributed by atoms with Crippen molar-refractivity contribution in [3.63, 3.8) is 0 Å². The molecule has 25 heavy (non-hydrogen) atoms. The highest BCUT2D eigenvalue weighted by Gasteiger charge is 2.38. The van der Waals surface area contributed by atoms with Crippen molar-refractivity contribution in [1.82, 2.24) is 20.1 Å². The molecular weight excluding hydrogens is 337 g/mol. The number of carbonyl (C=O) groups is 1. The number of hydrogen-bond donors (Lipinski definition) is 2. The molecule has 1 saturated carbocycles. The van der Waals surface area contributed by atoms with Gasteiger partial charge in [0.1, 0.15) is 0 Å². The Morgan fingerprint density at radius 3 is 2.60 bits per heavy atom. The van der Waals surface area contributed by atoms with Gasteiger partial charge in [0.15, 0.2) is 17.5 Å². The Morgan fingerprint density at radius 2 is 2.04 bits per heavy atom. The molecule has 0 radical (unpaired) electrons. The van der Waals surface area contributed by atoms with E-state index in [1.807, 2.05) is 0 Å². The second-order valence-electron chi connectivity index (χ2n) is 6.45. The topological polar surface area (TPSA) is 79.8 Å². The molecular formula is C16H17F3N4O2. The molecule has 0 atom stereocenters. The summed E-state index contributed by atoms with van der Waals surface area (Å²) in [5, 5.41) is 6.43. The Hall–Kier alpha value is -2.58. The van der Waals surface area contributed by atoms with Crippen LogP contribution in [-0.2, 0) is 13.5 Å². The molecule has 1 heterocycles. The lowest BCUT2D eigenvalue weighted by Crippen LogP contribution is -2.44. The van der Waals surface area contributed by atoms with E-state index < -0.39 is 34.5 Å². The molecule has 1 amide bonds. The van der Waals surface area contributed by atoms with Crippen LogP contribution in [0.2, 0.25) is 0 Å². The van der Waals surface area contributed by atoms with Crippen molar-refractivity contribution in [3.05, 3.63) is 51.5 Å². The Balaban J connectivity index is 1.70. The van der Waals surface area contributed by atoms with Crippen molar-refractivity contribution in [2.24, 2.45) is 12.5 Å². The lowest BCUT2D eigenvalue weighted by atomic mass is 9.65. The van der Waals surface area contributed by atoms with Gasteiger partial charge < -0.3 is 5.32 Å². The maximum absolute atomic E-state index is 13.9. The third kappa shape index (κ3) is 3.31. The predicted octanol–water partition coefficient (Wildman–Crippen LogP) is 1.67. The lowest BCUT2D eigenvalue weighted by Gasteiger charge is -2.42. The molecule has 1 fully saturated rings. The van der Waals surface area contributed by atoms with Crippen molar-refractivity contribution >= 4 is 5.91 Å². The minimum Gasteiger partial charge on any atom is -0.349 e. The molecule has 134 valence electrons. The van der Waals surface area contributed by atoms with Crippen LogP contribution >= 0.6 is 0 Å². The Bertz CT molecular complexity index is 871. The largest absolute Gasteiger partial charge is 0.349 e. The van der Waals surface area contributed by atoms with Crippen LogP contribution in [0.4, 0.5) is 13.2 Å². The van der Waals surface area contributed by atoms with Crippen LogP contribution < -0.4 is 11.0 Å². The summed E-state index contributed by atoms with van der Waals surface area (Å²) in [5.41, 5.74) is -0.845. The summed E-state index contributed by atoms with van der Waals surface area (Å²) in [4.78, 5) is 25.7. The van der Waals surface area contributed by atoms with E-state index >= 15 is 0 Å². The van der Waals surface area contributed by atoms with Crippen LogP contribution in [0.3, 0.4) is 0 Å². The maximum atomic E-state index is 13.9. The van der Waals surface area contributed by atoms with Crippen LogP contribution in [0.1, 0.15) is 35.4 Å². The van der Waals surface area contributed by atoms with E-state index in [4.69, 9.17) is 0 Å². The van der Waals surface area contributed by atoms with Gasteiger partial charge in [0.05, 0.1) is 0 Å². The molecule has 1 aliphatic rings. The average molecular weight is 354 g/mol. The summed E-state index contributed by atoms with van der Waals surface area (Å²) in [6.07, 6.45) is 2.55. The van der Waals surface area contributed by atoms with Crippen molar-refractivity contribution in [3.8, 4) is 0 Å². The SMILES string of the molecule is Cn1nc(C(=O)NCC2(Cc3ccc(F)c(F)c3F)CCC2)[nH]c1=O. The van der Waals surface area contributed by atoms with E-state index in [-0.39, 0.29) is 24.4 Å². The predicted molar refractivity (Wildman–Crippen MR) is 82.5 cm³/mol. The van der Waals surface area contributed by atoms with E-state index in [0.29, 0.717) is 0 Å². The van der Waals surface area contributed by atoms with Gasteiger partial charge in [-0.3, -0.25) is 9.78 Å². The number of aromatic nitrogens is 3. The summed E-state index contributed by atoms with van der Waals surface area (Å²) in [7, 11) is 1.41. The number of H-pyrrole nitrogens is 1. The number of nitrogens with zero attached hydrogens (tertiary/aromatic N) is 2. The number of aromatic amines is 1. The number of amides is 1. The Morgan fingerprint density at radius 1 is 1.32 bits per heavy atom. The van der Waals surface area contributed by atoms with Crippen LogP contribution in [0.15, 0.2) is 16.9 Å². The summed E-state index contributed by atoms with van der Waals surface area (Å²) in [5.74, 6) is -4.55. The minimum atomic E-state index is -1.48. The molecule has 0 unspecified atom stereocenters. The standard InChI is InChI=1S/C16H17F3N4O2/c1-23-15(25)21-13(22-23)14(24)20-8-16(5-2-6-16)7-9-3-4-10(17)12(19)11(9)18/h3-4H,2,5-8H2,1H3,(H,20,24)(H,21,22,25). The van der Waals surface area contributed by atoms with Gasteiger partial charge in [-0.05, 0) is 36.3 Å². The fourth-order valence-electron chi connectivity index (χ4n) is 3.06. The number of rotatable bonds is 5. The normalized spacial score (nSPS) is 15.7. The maximum Gasteiger partial charge on any atom is 0.343 e. The molecule has 0 saturated heterocycles. The van der Waals surface area contributed by atoms with Crippen LogP contribution in [-0.4, -0.2) is 27.2 Å². The second kappa shape index (κ2) is 6.38. The number of carbonyl (C=O) groups excluding carboxylic acids is 1. The molecule has 2 aromatic rings. The molecule has 0 spiro atoms. The monoisotopic (exact) mass is 354 g/mol. The smallest absolute Gasteiger partial charge is 0.343 e. The fraction of sp³-hybridized carbons (Fsp3) is 0.438. The zero-order chi connectivity index (χ0) is 18.2. The zero-order valence-corrected chi connectivity index (χ0v) is 13.5. The van der Waals surface area contributed by atoms with E-state index in [1.54, 1.807) is 0 Å². The van der Waals surface area contributed by atoms with Crippen molar-refractivity contribution in [2.45, 2.75) is 25.7 Å². The van der Waals surface area contributed by atoms with E-state index in [2.05, 4.69) is 15.4 Å². The Kier molecular flexibility index (Phi) is 4.40. The molecule has 9 heteroatoms. The third-order valence-corrected chi connectivity index (χ3v) is 4.70. The van der Waals surface area contributed by atoms with Crippen molar-refractivity contribution in [1.29, 1.82) is 0 Å². The Labute approximate surface area is 141 Å². The van der Waals surface area contributed by atoms with Gasteiger partial charge in [0, 0.05) is 13.6 Å². The molecule has 3 rings (SSSR count). The quantitative estimate of drug-likeness (QED) is 0.802. The molecule has 1 aromatic carbocycles. The van der Waals surface area contributed by atoms with Gasteiger partial charge in [-0.15, -0.1) is 5.10 Å². The number of halogens is 3. The van der Waals surface area contributed by atoms with Gasteiger partial charge in [0.25, 0.3) is 5.91 Å². The van der Waals surface area contributed by atoms with E-state index in [9.17, 15) is 22.8 Å². The third-order valence-electron chi connectivity index (χ3n) is 4.70. The first-order valence-electron chi connectivity index (χ1n) is 7.85. The molecule has 0 bridgehead atoms. The molecule has 6 nitrogen and oxygen atoms in total.